The number of guanidine groups is 1. The molecule has 1 aliphatic rings. The molecule has 0 atom stereocenters. The highest BCUT2D eigenvalue weighted by molar-refractivity contribution is 14.0. The molecule has 1 heterocycles. The highest BCUT2D eigenvalue weighted by Gasteiger charge is 2.16. The van der Waals surface area contributed by atoms with E-state index < -0.39 is 6.43 Å². The smallest absolute Gasteiger partial charge is 0.280 e. The van der Waals surface area contributed by atoms with Gasteiger partial charge in [-0.05, 0) is 24.8 Å². The fourth-order valence-electron chi connectivity index (χ4n) is 1.77. The predicted molar refractivity (Wildman–Crippen MR) is 83.1 cm³/mol. The van der Waals surface area contributed by atoms with E-state index in [0.717, 1.165) is 6.54 Å². The highest BCUT2D eigenvalue weighted by atomic mass is 127. The Morgan fingerprint density at radius 3 is 2.85 bits per heavy atom. The first-order valence-electron chi connectivity index (χ1n) is 6.29. The summed E-state index contributed by atoms with van der Waals surface area (Å²) < 4.78 is 24.9. The Hall–Kier alpha value is -1.06. The summed E-state index contributed by atoms with van der Waals surface area (Å²) in [5.41, 5.74) is 5.39. The summed E-state index contributed by atoms with van der Waals surface area (Å²) in [6.07, 6.45) is 2.43. The van der Waals surface area contributed by atoms with Crippen molar-refractivity contribution in [1.82, 2.24) is 15.3 Å². The molecule has 1 aliphatic carbocycles. The van der Waals surface area contributed by atoms with E-state index in [9.17, 15) is 8.78 Å². The largest absolute Gasteiger partial charge is 0.370 e. The molecule has 1 aromatic rings. The van der Waals surface area contributed by atoms with E-state index in [1.807, 2.05) is 0 Å². The van der Waals surface area contributed by atoms with Gasteiger partial charge in [-0.3, -0.25) is 0 Å². The van der Waals surface area contributed by atoms with Crippen LogP contribution in [-0.2, 0) is 6.54 Å². The molecular weight excluding hydrogens is 379 g/mol. The lowest BCUT2D eigenvalue weighted by molar-refractivity contribution is 0.145. The van der Waals surface area contributed by atoms with E-state index in [0.29, 0.717) is 11.9 Å². The number of aromatic nitrogens is 2. The summed E-state index contributed by atoms with van der Waals surface area (Å²) in [5.74, 6) is 1.22. The second-order valence-electron chi connectivity index (χ2n) is 4.58. The van der Waals surface area contributed by atoms with Crippen molar-refractivity contribution in [2.24, 2.45) is 16.6 Å². The Bertz CT molecular complexity index is 451. The van der Waals surface area contributed by atoms with Gasteiger partial charge in [0.2, 0.25) is 0 Å². The van der Waals surface area contributed by atoms with Crippen molar-refractivity contribution in [3.63, 3.8) is 0 Å². The van der Waals surface area contributed by atoms with Crippen LogP contribution in [0.3, 0.4) is 0 Å². The summed E-state index contributed by atoms with van der Waals surface area (Å²) in [6.45, 7) is 0.914. The molecule has 0 bridgehead atoms. The third kappa shape index (κ3) is 5.14. The van der Waals surface area contributed by atoms with Crippen LogP contribution in [0.5, 0.6) is 0 Å². The van der Waals surface area contributed by atoms with Gasteiger partial charge < -0.3 is 11.1 Å². The molecule has 0 spiro atoms. The predicted octanol–water partition coefficient (Wildman–Crippen LogP) is 2.24. The van der Waals surface area contributed by atoms with Gasteiger partial charge in [0, 0.05) is 12.7 Å². The Morgan fingerprint density at radius 1 is 1.50 bits per heavy atom. The van der Waals surface area contributed by atoms with Crippen LogP contribution in [0.1, 0.15) is 37.2 Å². The van der Waals surface area contributed by atoms with Crippen LogP contribution >= 0.6 is 24.0 Å². The van der Waals surface area contributed by atoms with Crippen molar-refractivity contribution < 1.29 is 8.78 Å². The maximum Gasteiger partial charge on any atom is 0.280 e. The fraction of sp³-hybridized carbons (Fsp3) is 0.583. The molecule has 3 N–H and O–H groups in total. The van der Waals surface area contributed by atoms with Gasteiger partial charge in [0.05, 0.1) is 0 Å². The zero-order valence-electron chi connectivity index (χ0n) is 10.9. The molecule has 1 fully saturated rings. The van der Waals surface area contributed by atoms with Crippen LogP contribution in [0.25, 0.3) is 0 Å². The van der Waals surface area contributed by atoms with Gasteiger partial charge in [-0.15, -0.1) is 24.0 Å². The van der Waals surface area contributed by atoms with E-state index >= 15 is 0 Å². The van der Waals surface area contributed by atoms with Crippen LogP contribution in [0.2, 0.25) is 0 Å². The molecule has 20 heavy (non-hydrogen) atoms. The summed E-state index contributed by atoms with van der Waals surface area (Å²) in [6, 6.07) is 1.19. The first kappa shape index (κ1) is 17.0. The zero-order chi connectivity index (χ0) is 13.7. The van der Waals surface area contributed by atoms with Gasteiger partial charge in [-0.1, -0.05) is 6.42 Å². The minimum atomic E-state index is -2.60. The van der Waals surface area contributed by atoms with Crippen LogP contribution in [-0.4, -0.2) is 22.5 Å². The van der Waals surface area contributed by atoms with Crippen LogP contribution in [0.4, 0.5) is 8.78 Å². The lowest BCUT2D eigenvalue weighted by Crippen LogP contribution is -2.37. The molecule has 8 heteroatoms. The molecule has 0 aliphatic heterocycles. The first-order valence-corrected chi connectivity index (χ1v) is 6.29. The lowest BCUT2D eigenvalue weighted by atomic mass is 9.85. The van der Waals surface area contributed by atoms with Gasteiger partial charge in [0.25, 0.3) is 6.43 Å². The van der Waals surface area contributed by atoms with E-state index in [-0.39, 0.29) is 42.0 Å². The number of hydrogen-bond donors (Lipinski definition) is 2. The van der Waals surface area contributed by atoms with E-state index in [1.54, 1.807) is 0 Å². The van der Waals surface area contributed by atoms with E-state index in [1.165, 1.54) is 31.5 Å². The standard InChI is InChI=1S/C12H17F2N5.HI/c13-11(14)9-4-5-16-10(19-9)7-18-12(15)17-6-8-2-1-3-8;/h4-5,8,11H,1-3,6-7H2,(H3,15,17,18);1H. The molecule has 0 unspecified atom stereocenters. The third-order valence-electron chi connectivity index (χ3n) is 3.14. The highest BCUT2D eigenvalue weighted by Crippen LogP contribution is 2.24. The van der Waals surface area contributed by atoms with Crippen molar-refractivity contribution in [1.29, 1.82) is 0 Å². The molecular formula is C12H18F2IN5. The molecule has 0 saturated heterocycles. The quantitative estimate of drug-likeness (QED) is 0.454. The van der Waals surface area contributed by atoms with Crippen molar-refractivity contribution >= 4 is 29.9 Å². The number of aliphatic imine (C=N–C) groups is 1. The molecule has 0 amide bonds. The average molecular weight is 397 g/mol. The average Bonchev–Trinajstić information content (AvgIpc) is 2.35. The maximum absolute atomic E-state index is 12.4. The second-order valence-corrected chi connectivity index (χ2v) is 4.58. The van der Waals surface area contributed by atoms with Crippen LogP contribution in [0.15, 0.2) is 17.3 Å². The van der Waals surface area contributed by atoms with Crippen molar-refractivity contribution in [3.05, 3.63) is 23.8 Å². The number of nitrogens with zero attached hydrogens (tertiary/aromatic N) is 3. The number of nitrogens with two attached hydrogens (primary N) is 1. The Kier molecular flexibility index (Phi) is 7.03. The summed E-state index contributed by atoms with van der Waals surface area (Å²) >= 11 is 0. The molecule has 1 aromatic heterocycles. The Morgan fingerprint density at radius 2 is 2.25 bits per heavy atom. The maximum atomic E-state index is 12.4. The van der Waals surface area contributed by atoms with Crippen molar-refractivity contribution in [3.8, 4) is 0 Å². The third-order valence-corrected chi connectivity index (χ3v) is 3.14. The normalized spacial score (nSPS) is 15.7. The Labute approximate surface area is 133 Å². The van der Waals surface area contributed by atoms with Crippen molar-refractivity contribution in [2.75, 3.05) is 6.54 Å². The van der Waals surface area contributed by atoms with Crippen molar-refractivity contribution in [2.45, 2.75) is 32.2 Å². The summed E-state index contributed by atoms with van der Waals surface area (Å²) in [7, 11) is 0. The molecule has 112 valence electrons. The Balaban J connectivity index is 0.00000200. The van der Waals surface area contributed by atoms with Gasteiger partial charge in [0.15, 0.2) is 5.96 Å². The van der Waals surface area contributed by atoms with Gasteiger partial charge in [0.1, 0.15) is 18.1 Å². The van der Waals surface area contributed by atoms with Gasteiger partial charge in [-0.2, -0.15) is 0 Å². The van der Waals surface area contributed by atoms with Gasteiger partial charge >= 0.3 is 0 Å². The molecule has 2 rings (SSSR count). The fourth-order valence-corrected chi connectivity index (χ4v) is 1.77. The number of alkyl halides is 2. The van der Waals surface area contributed by atoms with Gasteiger partial charge in [-0.25, -0.2) is 23.7 Å². The second kappa shape index (κ2) is 8.28. The number of hydrogen-bond acceptors (Lipinski definition) is 3. The number of nitrogens with one attached hydrogen (secondary N) is 1. The summed E-state index contributed by atoms with van der Waals surface area (Å²) in [5, 5.41) is 3.02. The van der Waals surface area contributed by atoms with Crippen LogP contribution < -0.4 is 11.1 Å². The monoisotopic (exact) mass is 397 g/mol. The first-order chi connectivity index (χ1) is 9.15. The number of rotatable bonds is 5. The molecule has 0 aromatic carbocycles. The molecule has 5 nitrogen and oxygen atoms in total. The molecule has 0 radical (unpaired) electrons. The lowest BCUT2D eigenvalue weighted by Gasteiger charge is -2.25. The van der Waals surface area contributed by atoms with Crippen LogP contribution in [0, 0.1) is 5.92 Å². The SMILES string of the molecule is I.NC(=NCc1nccc(C(F)F)n1)NCC1CCC1. The zero-order valence-corrected chi connectivity index (χ0v) is 13.3. The van der Waals surface area contributed by atoms with E-state index in [2.05, 4.69) is 20.3 Å². The molecule has 1 saturated carbocycles. The van der Waals surface area contributed by atoms with E-state index in [4.69, 9.17) is 5.73 Å². The number of halogens is 3. The summed E-state index contributed by atoms with van der Waals surface area (Å²) in [4.78, 5) is 11.6. The minimum absolute atomic E-state index is 0. The minimum Gasteiger partial charge on any atom is -0.370 e. The topological polar surface area (TPSA) is 76.2 Å².